The van der Waals surface area contributed by atoms with Crippen LogP contribution in [0.4, 0.5) is 0 Å². The number of carbonyl (C=O) groups excluding carboxylic acids is 1. The summed E-state index contributed by atoms with van der Waals surface area (Å²) < 4.78 is 5.91. The first-order valence-electron chi connectivity index (χ1n) is 12.8. The highest BCUT2D eigenvalue weighted by molar-refractivity contribution is 5.96. The van der Waals surface area contributed by atoms with Gasteiger partial charge < -0.3 is 15.2 Å². The SMILES string of the molecule is O=C(NCc1ccccc1)c1ccccc1OCC(O)CCCC12CC3CC(CC(C3)C1)C2. The van der Waals surface area contributed by atoms with Crippen LogP contribution in [-0.2, 0) is 6.54 Å². The van der Waals surface area contributed by atoms with Crippen LogP contribution in [0.1, 0.15) is 73.7 Å². The maximum absolute atomic E-state index is 12.7. The number of carbonyl (C=O) groups is 1. The standard InChI is InChI=1S/C29H37NO3/c31-25(9-6-12-29-16-22-13-23(17-29)15-24(14-22)18-29)20-33-27-11-5-4-10-26(27)28(32)30-19-21-7-2-1-3-8-21/h1-5,7-8,10-11,22-25,31H,6,9,12-20H2,(H,30,32). The fourth-order valence-electron chi connectivity index (χ4n) is 7.23. The normalized spacial score (nSPS) is 28.5. The predicted octanol–water partition coefficient (Wildman–Crippen LogP) is 5.74. The number of aliphatic hydroxyl groups is 1. The van der Waals surface area contributed by atoms with Crippen LogP contribution in [-0.4, -0.2) is 23.7 Å². The Morgan fingerprint density at radius 1 is 0.970 bits per heavy atom. The van der Waals surface area contributed by atoms with E-state index < -0.39 is 6.10 Å². The largest absolute Gasteiger partial charge is 0.490 e. The molecule has 4 heteroatoms. The molecule has 0 aliphatic heterocycles. The molecule has 0 aromatic heterocycles. The fraction of sp³-hybridized carbons (Fsp3) is 0.552. The summed E-state index contributed by atoms with van der Waals surface area (Å²) in [7, 11) is 0. The number of aliphatic hydroxyl groups excluding tert-OH is 1. The third-order valence-corrected chi connectivity index (χ3v) is 8.27. The lowest BCUT2D eigenvalue weighted by Crippen LogP contribution is -2.46. The van der Waals surface area contributed by atoms with Crippen molar-refractivity contribution >= 4 is 5.91 Å². The first-order chi connectivity index (χ1) is 16.1. The Morgan fingerprint density at radius 2 is 1.61 bits per heavy atom. The molecule has 4 aliphatic rings. The second-order valence-electron chi connectivity index (χ2n) is 10.9. The average Bonchev–Trinajstić information content (AvgIpc) is 2.81. The van der Waals surface area contributed by atoms with E-state index in [0.29, 0.717) is 23.3 Å². The molecule has 2 N–H and O–H groups in total. The van der Waals surface area contributed by atoms with Gasteiger partial charge in [0.1, 0.15) is 12.4 Å². The van der Waals surface area contributed by atoms with Crippen molar-refractivity contribution in [2.75, 3.05) is 6.61 Å². The molecule has 0 radical (unpaired) electrons. The molecule has 0 heterocycles. The molecule has 176 valence electrons. The van der Waals surface area contributed by atoms with Gasteiger partial charge in [0, 0.05) is 6.54 Å². The maximum atomic E-state index is 12.7. The number of amides is 1. The van der Waals surface area contributed by atoms with E-state index in [0.717, 1.165) is 36.2 Å². The van der Waals surface area contributed by atoms with E-state index in [9.17, 15) is 9.90 Å². The van der Waals surface area contributed by atoms with Gasteiger partial charge in [0.05, 0.1) is 11.7 Å². The number of benzene rings is 2. The van der Waals surface area contributed by atoms with Crippen molar-refractivity contribution < 1.29 is 14.6 Å². The molecule has 0 spiro atoms. The molecule has 2 aromatic carbocycles. The molecule has 6 rings (SSSR count). The third kappa shape index (κ3) is 5.43. The van der Waals surface area contributed by atoms with Crippen LogP contribution in [0.2, 0.25) is 0 Å². The fourth-order valence-corrected chi connectivity index (χ4v) is 7.23. The molecule has 4 aliphatic carbocycles. The smallest absolute Gasteiger partial charge is 0.255 e. The summed E-state index contributed by atoms with van der Waals surface area (Å²) in [6, 6.07) is 17.1. The topological polar surface area (TPSA) is 58.6 Å². The molecule has 1 amide bonds. The highest BCUT2D eigenvalue weighted by atomic mass is 16.5. The summed E-state index contributed by atoms with van der Waals surface area (Å²) in [5.74, 6) is 3.31. The Bertz CT molecular complexity index is 906. The lowest BCUT2D eigenvalue weighted by molar-refractivity contribution is -0.0597. The van der Waals surface area contributed by atoms with E-state index in [-0.39, 0.29) is 12.5 Å². The highest BCUT2D eigenvalue weighted by Gasteiger charge is 2.50. The monoisotopic (exact) mass is 447 g/mol. The van der Waals surface area contributed by atoms with E-state index in [1.165, 1.54) is 44.9 Å². The molecule has 1 atom stereocenters. The second kappa shape index (κ2) is 9.89. The number of hydrogen-bond donors (Lipinski definition) is 2. The van der Waals surface area contributed by atoms with Crippen LogP contribution in [0.3, 0.4) is 0 Å². The lowest BCUT2D eigenvalue weighted by atomic mass is 9.48. The summed E-state index contributed by atoms with van der Waals surface area (Å²) in [6.07, 6.45) is 11.3. The van der Waals surface area contributed by atoms with Crippen molar-refractivity contribution in [1.82, 2.24) is 5.32 Å². The number of ether oxygens (including phenoxy) is 1. The van der Waals surface area contributed by atoms with Crippen molar-refractivity contribution in [3.8, 4) is 5.75 Å². The second-order valence-corrected chi connectivity index (χ2v) is 10.9. The Balaban J connectivity index is 1.08. The van der Waals surface area contributed by atoms with Gasteiger partial charge in [-0.25, -0.2) is 0 Å². The summed E-state index contributed by atoms with van der Waals surface area (Å²) in [5, 5.41) is 13.5. The molecule has 2 aromatic rings. The van der Waals surface area contributed by atoms with Gasteiger partial charge in [-0.3, -0.25) is 4.79 Å². The van der Waals surface area contributed by atoms with Crippen LogP contribution in [0, 0.1) is 23.2 Å². The molecule has 0 saturated heterocycles. The molecular weight excluding hydrogens is 410 g/mol. The van der Waals surface area contributed by atoms with Crippen molar-refractivity contribution in [3.05, 3.63) is 65.7 Å². The van der Waals surface area contributed by atoms with E-state index >= 15 is 0 Å². The average molecular weight is 448 g/mol. The van der Waals surface area contributed by atoms with Crippen LogP contribution in [0.25, 0.3) is 0 Å². The third-order valence-electron chi connectivity index (χ3n) is 8.27. The number of rotatable bonds is 10. The van der Waals surface area contributed by atoms with Crippen molar-refractivity contribution in [2.45, 2.75) is 70.4 Å². The van der Waals surface area contributed by atoms with E-state index in [1.807, 2.05) is 42.5 Å². The molecule has 4 saturated carbocycles. The van der Waals surface area contributed by atoms with Crippen molar-refractivity contribution in [2.24, 2.45) is 23.2 Å². The number of hydrogen-bond acceptors (Lipinski definition) is 3. The molecule has 33 heavy (non-hydrogen) atoms. The summed E-state index contributed by atoms with van der Waals surface area (Å²) in [5.41, 5.74) is 2.13. The lowest BCUT2D eigenvalue weighted by Gasteiger charge is -2.57. The van der Waals surface area contributed by atoms with Crippen LogP contribution in [0.5, 0.6) is 5.75 Å². The van der Waals surface area contributed by atoms with E-state index in [1.54, 1.807) is 12.1 Å². The van der Waals surface area contributed by atoms with Gasteiger partial charge in [-0.1, -0.05) is 48.9 Å². The number of nitrogens with one attached hydrogen (secondary N) is 1. The van der Waals surface area contributed by atoms with Gasteiger partial charge in [0.15, 0.2) is 0 Å². The van der Waals surface area contributed by atoms with Gasteiger partial charge in [0.2, 0.25) is 0 Å². The zero-order valence-electron chi connectivity index (χ0n) is 19.5. The quantitative estimate of drug-likeness (QED) is 0.488. The van der Waals surface area contributed by atoms with Gasteiger partial charge in [-0.05, 0) is 92.2 Å². The van der Waals surface area contributed by atoms with E-state index in [4.69, 9.17) is 4.74 Å². The summed E-state index contributed by atoms with van der Waals surface area (Å²) in [6.45, 7) is 0.699. The van der Waals surface area contributed by atoms with E-state index in [2.05, 4.69) is 5.32 Å². The first-order valence-corrected chi connectivity index (χ1v) is 12.8. The Kier molecular flexibility index (Phi) is 6.73. The molecule has 4 fully saturated rings. The minimum Gasteiger partial charge on any atom is -0.490 e. The maximum Gasteiger partial charge on any atom is 0.255 e. The molecular formula is C29H37NO3. The first kappa shape index (κ1) is 22.5. The van der Waals surface area contributed by atoms with Gasteiger partial charge in [0.25, 0.3) is 5.91 Å². The zero-order valence-corrected chi connectivity index (χ0v) is 19.5. The van der Waals surface area contributed by atoms with Crippen molar-refractivity contribution in [3.63, 3.8) is 0 Å². The van der Waals surface area contributed by atoms with Gasteiger partial charge in [-0.2, -0.15) is 0 Å². The van der Waals surface area contributed by atoms with Crippen molar-refractivity contribution in [1.29, 1.82) is 0 Å². The molecule has 1 unspecified atom stereocenters. The summed E-state index contributed by atoms with van der Waals surface area (Å²) in [4.78, 5) is 12.7. The Morgan fingerprint density at radius 3 is 2.30 bits per heavy atom. The molecule has 4 bridgehead atoms. The van der Waals surface area contributed by atoms with Crippen LogP contribution < -0.4 is 10.1 Å². The van der Waals surface area contributed by atoms with Gasteiger partial charge in [-0.15, -0.1) is 0 Å². The highest BCUT2D eigenvalue weighted by Crippen LogP contribution is 2.61. The minimum atomic E-state index is -0.501. The van der Waals surface area contributed by atoms with Crippen LogP contribution in [0.15, 0.2) is 54.6 Å². The zero-order chi connectivity index (χ0) is 22.7. The predicted molar refractivity (Wildman–Crippen MR) is 130 cm³/mol. The Hall–Kier alpha value is -2.33. The minimum absolute atomic E-state index is 0.161. The van der Waals surface area contributed by atoms with Crippen LogP contribution >= 0.6 is 0 Å². The number of para-hydroxylation sites is 1. The molecule has 4 nitrogen and oxygen atoms in total. The summed E-state index contributed by atoms with van der Waals surface area (Å²) >= 11 is 0. The van der Waals surface area contributed by atoms with Gasteiger partial charge >= 0.3 is 0 Å². The Labute approximate surface area is 197 Å².